The second-order valence-corrected chi connectivity index (χ2v) is 4.98. The lowest BCUT2D eigenvalue weighted by Crippen LogP contribution is -2.07. The number of aromatic nitrogens is 1. The number of benzene rings is 1. The molecule has 20 heavy (non-hydrogen) atoms. The number of rotatable bonds is 5. The highest BCUT2D eigenvalue weighted by molar-refractivity contribution is 7.14. The van der Waals surface area contributed by atoms with Crippen LogP contribution in [0.1, 0.15) is 17.4 Å². The number of nitrogens with one attached hydrogen (secondary N) is 1. The molecule has 1 heterocycles. The molecule has 2 rings (SSSR count). The molecule has 2 aromatic rings. The molecule has 0 radical (unpaired) electrons. The van der Waals surface area contributed by atoms with Crippen LogP contribution >= 0.6 is 22.9 Å². The molecule has 0 atom stereocenters. The van der Waals surface area contributed by atoms with Crippen LogP contribution in [-0.2, 0) is 4.74 Å². The zero-order valence-electron chi connectivity index (χ0n) is 11.0. The van der Waals surface area contributed by atoms with Crippen LogP contribution < -0.4 is 10.1 Å². The Balaban J connectivity index is 2.26. The molecule has 0 saturated heterocycles. The van der Waals surface area contributed by atoms with Crippen molar-refractivity contribution in [1.29, 1.82) is 0 Å². The zero-order valence-corrected chi connectivity index (χ0v) is 12.5. The van der Waals surface area contributed by atoms with Crippen LogP contribution in [0.3, 0.4) is 0 Å². The highest BCUT2D eigenvalue weighted by Crippen LogP contribution is 2.32. The summed E-state index contributed by atoms with van der Waals surface area (Å²) < 4.78 is 10.1. The number of nitrogens with zero attached hydrogens (tertiary/aromatic N) is 1. The van der Waals surface area contributed by atoms with E-state index in [2.05, 4.69) is 10.3 Å². The van der Waals surface area contributed by atoms with Gasteiger partial charge in [0.05, 0.1) is 29.9 Å². The van der Waals surface area contributed by atoms with Crippen LogP contribution in [0.2, 0.25) is 5.02 Å². The first-order valence-corrected chi connectivity index (χ1v) is 7.12. The van der Waals surface area contributed by atoms with Gasteiger partial charge in [-0.2, -0.15) is 0 Å². The lowest BCUT2D eigenvalue weighted by atomic mass is 10.3. The average Bonchev–Trinajstić information content (AvgIpc) is 2.90. The van der Waals surface area contributed by atoms with E-state index in [4.69, 9.17) is 21.1 Å². The molecule has 1 N–H and O–H groups in total. The van der Waals surface area contributed by atoms with Crippen LogP contribution in [0.15, 0.2) is 23.7 Å². The van der Waals surface area contributed by atoms with Crippen molar-refractivity contribution < 1.29 is 14.3 Å². The van der Waals surface area contributed by atoms with Gasteiger partial charge in [-0.15, -0.1) is 11.3 Å². The number of ether oxygens (including phenoxy) is 2. The fourth-order valence-corrected chi connectivity index (χ4v) is 2.37. The van der Waals surface area contributed by atoms with Crippen molar-refractivity contribution in [2.75, 3.05) is 19.0 Å². The quantitative estimate of drug-likeness (QED) is 0.852. The van der Waals surface area contributed by atoms with Gasteiger partial charge in [-0.3, -0.25) is 0 Å². The first-order valence-electron chi connectivity index (χ1n) is 5.87. The maximum Gasteiger partial charge on any atom is 0.360 e. The van der Waals surface area contributed by atoms with Crippen LogP contribution in [-0.4, -0.2) is 24.7 Å². The summed E-state index contributed by atoms with van der Waals surface area (Å²) in [6.45, 7) is 2.05. The number of halogens is 1. The summed E-state index contributed by atoms with van der Waals surface area (Å²) in [7, 11) is 1.57. The van der Waals surface area contributed by atoms with Crippen molar-refractivity contribution in [3.05, 3.63) is 34.4 Å². The molecule has 0 aliphatic heterocycles. The maximum absolute atomic E-state index is 11.7. The van der Waals surface area contributed by atoms with E-state index in [1.165, 1.54) is 11.3 Å². The third kappa shape index (κ3) is 3.20. The number of thiazole rings is 1. The minimum Gasteiger partial charge on any atom is -0.497 e. The van der Waals surface area contributed by atoms with Gasteiger partial charge in [0.2, 0.25) is 0 Å². The fraction of sp³-hybridized carbons (Fsp3) is 0.231. The van der Waals surface area contributed by atoms with E-state index in [0.29, 0.717) is 28.1 Å². The standard InChI is InChI=1S/C13H13ClN2O3S/c1-3-19-13(17)11-12(20-7-15-11)16-10-6-8(18-2)4-5-9(10)14/h4-7,16H,3H2,1-2H3. The van der Waals surface area contributed by atoms with Crippen molar-refractivity contribution >= 4 is 39.6 Å². The summed E-state index contributed by atoms with van der Waals surface area (Å²) in [6.07, 6.45) is 0. The predicted octanol–water partition coefficient (Wildman–Crippen LogP) is 3.73. The largest absolute Gasteiger partial charge is 0.497 e. The monoisotopic (exact) mass is 312 g/mol. The molecule has 0 unspecified atom stereocenters. The van der Waals surface area contributed by atoms with Crippen molar-refractivity contribution in [3.63, 3.8) is 0 Å². The third-order valence-corrected chi connectivity index (χ3v) is 3.53. The molecule has 0 fully saturated rings. The van der Waals surface area contributed by atoms with Gasteiger partial charge in [-0.25, -0.2) is 9.78 Å². The Labute approximate surface area is 125 Å². The number of hydrogen-bond acceptors (Lipinski definition) is 6. The number of carbonyl (C=O) groups excluding carboxylic acids is 1. The predicted molar refractivity (Wildman–Crippen MR) is 79.4 cm³/mol. The van der Waals surface area contributed by atoms with Gasteiger partial charge in [0.25, 0.3) is 0 Å². The zero-order chi connectivity index (χ0) is 14.5. The van der Waals surface area contributed by atoms with Gasteiger partial charge in [0.15, 0.2) is 5.69 Å². The van der Waals surface area contributed by atoms with Gasteiger partial charge < -0.3 is 14.8 Å². The summed E-state index contributed by atoms with van der Waals surface area (Å²) in [4.78, 5) is 15.8. The van der Waals surface area contributed by atoms with E-state index in [1.807, 2.05) is 0 Å². The lowest BCUT2D eigenvalue weighted by Gasteiger charge is -2.09. The Bertz CT molecular complexity index is 615. The topological polar surface area (TPSA) is 60.5 Å². The highest BCUT2D eigenvalue weighted by Gasteiger charge is 2.17. The average molecular weight is 313 g/mol. The molecule has 0 amide bonds. The molecule has 5 nitrogen and oxygen atoms in total. The molecular formula is C13H13ClN2O3S. The molecule has 7 heteroatoms. The highest BCUT2D eigenvalue weighted by atomic mass is 35.5. The third-order valence-electron chi connectivity index (χ3n) is 2.46. The van der Waals surface area contributed by atoms with E-state index in [9.17, 15) is 4.79 Å². The molecule has 1 aromatic heterocycles. The molecular weight excluding hydrogens is 300 g/mol. The van der Waals surface area contributed by atoms with E-state index >= 15 is 0 Å². The first-order chi connectivity index (χ1) is 9.65. The number of hydrogen-bond donors (Lipinski definition) is 1. The van der Waals surface area contributed by atoms with Gasteiger partial charge >= 0.3 is 5.97 Å². The minimum atomic E-state index is -0.463. The number of methoxy groups -OCH3 is 1. The fourth-order valence-electron chi connectivity index (χ4n) is 1.53. The van der Waals surface area contributed by atoms with Gasteiger partial charge in [0.1, 0.15) is 10.8 Å². The van der Waals surface area contributed by atoms with Crippen LogP contribution in [0, 0.1) is 0 Å². The van der Waals surface area contributed by atoms with Gasteiger partial charge in [-0.05, 0) is 19.1 Å². The molecule has 0 spiro atoms. The Morgan fingerprint density at radius 2 is 2.30 bits per heavy atom. The summed E-state index contributed by atoms with van der Waals surface area (Å²) in [5.41, 5.74) is 2.46. The van der Waals surface area contributed by atoms with E-state index < -0.39 is 5.97 Å². The Hall–Kier alpha value is -1.79. The van der Waals surface area contributed by atoms with Crippen molar-refractivity contribution in [1.82, 2.24) is 4.98 Å². The van der Waals surface area contributed by atoms with Crippen molar-refractivity contribution in [2.24, 2.45) is 0 Å². The summed E-state index contributed by atoms with van der Waals surface area (Å²) >= 11 is 7.41. The minimum absolute atomic E-state index is 0.246. The van der Waals surface area contributed by atoms with E-state index in [0.717, 1.165) is 0 Å². The molecule has 0 saturated carbocycles. The number of esters is 1. The normalized spacial score (nSPS) is 10.2. The van der Waals surface area contributed by atoms with Gasteiger partial charge in [-0.1, -0.05) is 11.6 Å². The number of anilines is 2. The summed E-state index contributed by atoms with van der Waals surface area (Å²) in [5.74, 6) is 0.203. The van der Waals surface area contributed by atoms with E-state index in [-0.39, 0.29) is 5.69 Å². The first kappa shape index (κ1) is 14.6. The van der Waals surface area contributed by atoms with Gasteiger partial charge in [0, 0.05) is 6.07 Å². The van der Waals surface area contributed by atoms with Crippen molar-refractivity contribution in [2.45, 2.75) is 6.92 Å². The van der Waals surface area contributed by atoms with Crippen LogP contribution in [0.4, 0.5) is 10.7 Å². The Morgan fingerprint density at radius 3 is 3.00 bits per heavy atom. The van der Waals surface area contributed by atoms with E-state index in [1.54, 1.807) is 37.7 Å². The second kappa shape index (κ2) is 6.58. The maximum atomic E-state index is 11.7. The molecule has 0 aliphatic carbocycles. The smallest absolute Gasteiger partial charge is 0.360 e. The summed E-state index contributed by atoms with van der Waals surface area (Å²) in [6, 6.07) is 5.22. The Morgan fingerprint density at radius 1 is 1.50 bits per heavy atom. The molecule has 0 aliphatic rings. The lowest BCUT2D eigenvalue weighted by molar-refractivity contribution is 0.0521. The second-order valence-electron chi connectivity index (χ2n) is 3.72. The summed E-state index contributed by atoms with van der Waals surface area (Å²) in [5, 5.41) is 4.18. The van der Waals surface area contributed by atoms with Crippen LogP contribution in [0.25, 0.3) is 0 Å². The molecule has 1 aromatic carbocycles. The number of carbonyl (C=O) groups is 1. The molecule has 0 bridgehead atoms. The molecule has 106 valence electrons. The van der Waals surface area contributed by atoms with Crippen molar-refractivity contribution in [3.8, 4) is 5.75 Å². The Kier molecular flexibility index (Phi) is 4.81. The SMILES string of the molecule is CCOC(=O)c1ncsc1Nc1cc(OC)ccc1Cl. The van der Waals surface area contributed by atoms with Crippen LogP contribution in [0.5, 0.6) is 5.75 Å².